The van der Waals surface area contributed by atoms with Crippen LogP contribution >= 0.6 is 0 Å². The van der Waals surface area contributed by atoms with Gasteiger partial charge < -0.3 is 28.8 Å². The average Bonchev–Trinajstić information content (AvgIpc) is 3.17. The highest BCUT2D eigenvalue weighted by Gasteiger charge is 2.22. The quantitative estimate of drug-likeness (QED) is 0.0800. The minimum Gasteiger partial charge on any atom is -0.489 e. The molecule has 0 amide bonds. The zero-order valence-corrected chi connectivity index (χ0v) is 27.8. The number of carbonyl (C=O) groups is 2. The normalized spacial score (nSPS) is 10.6. The van der Waals surface area contributed by atoms with Crippen molar-refractivity contribution >= 4 is 11.9 Å². The van der Waals surface area contributed by atoms with Crippen LogP contribution in [0.15, 0.2) is 152 Å². The third kappa shape index (κ3) is 9.99. The molecular weight excluding hydrogens is 644 g/mol. The zero-order chi connectivity index (χ0) is 35.3. The van der Waals surface area contributed by atoms with Crippen LogP contribution < -0.4 is 23.7 Å². The van der Waals surface area contributed by atoms with Gasteiger partial charge in [-0.3, -0.25) is 4.79 Å². The Labute approximate surface area is 296 Å². The largest absolute Gasteiger partial charge is 0.489 e. The fraction of sp³-hybridized carbons (Fsp3) is 0.116. The first kappa shape index (κ1) is 34.3. The third-order valence-electron chi connectivity index (χ3n) is 7.81. The van der Waals surface area contributed by atoms with Crippen molar-refractivity contribution in [2.75, 3.05) is 0 Å². The molecule has 0 saturated carbocycles. The Hall–Kier alpha value is -6.54. The van der Waals surface area contributed by atoms with E-state index in [1.54, 1.807) is 24.3 Å². The summed E-state index contributed by atoms with van der Waals surface area (Å²) in [7, 11) is 0. The molecule has 6 aromatic carbocycles. The molecule has 0 fully saturated rings. The lowest BCUT2D eigenvalue weighted by Crippen LogP contribution is -2.13. The molecule has 8 nitrogen and oxygen atoms in total. The summed E-state index contributed by atoms with van der Waals surface area (Å²) in [5.74, 6) is -0.470. The van der Waals surface area contributed by atoms with Gasteiger partial charge in [0, 0.05) is 17.7 Å². The fourth-order valence-corrected chi connectivity index (χ4v) is 5.20. The summed E-state index contributed by atoms with van der Waals surface area (Å²) in [6, 6.07) is 46.4. The maximum atomic E-state index is 13.8. The van der Waals surface area contributed by atoms with E-state index in [0.29, 0.717) is 23.9 Å². The van der Waals surface area contributed by atoms with Crippen LogP contribution in [0.25, 0.3) is 0 Å². The number of ether oxygens (including phenoxy) is 5. The molecule has 0 heterocycles. The van der Waals surface area contributed by atoms with Crippen molar-refractivity contribution in [2.24, 2.45) is 0 Å². The zero-order valence-electron chi connectivity index (χ0n) is 27.8. The van der Waals surface area contributed by atoms with Gasteiger partial charge in [-0.1, -0.05) is 121 Å². The van der Waals surface area contributed by atoms with E-state index in [9.17, 15) is 14.7 Å². The van der Waals surface area contributed by atoms with Gasteiger partial charge >= 0.3 is 11.9 Å². The molecule has 0 radical (unpaired) electrons. The van der Waals surface area contributed by atoms with Crippen LogP contribution in [0.4, 0.5) is 0 Å². The van der Waals surface area contributed by atoms with Gasteiger partial charge in [-0.25, -0.2) is 4.79 Å². The topological polar surface area (TPSA) is 101 Å². The Morgan fingerprint density at radius 2 is 0.882 bits per heavy atom. The Balaban J connectivity index is 1.30. The molecule has 1 N–H and O–H groups in total. The van der Waals surface area contributed by atoms with E-state index >= 15 is 0 Å². The summed E-state index contributed by atoms with van der Waals surface area (Å²) in [6.45, 7) is 0.936. The monoisotopic (exact) mass is 680 g/mol. The standard InChI is InChI=1S/C43H36O8/c44-42(45)26-37-39(49-29-33-17-9-3-10-18-33)24-36(47-27-31-13-5-1-6-14-31)25-40(37)51-43(46)35-21-22-38(48-28-32-15-7-2-8-16-32)41(23-35)50-30-34-19-11-4-12-20-34/h1-25H,26-30H2,(H,44,45). The minimum absolute atomic E-state index is 0.00665. The second-order valence-corrected chi connectivity index (χ2v) is 11.6. The molecular formula is C43H36O8. The second-order valence-electron chi connectivity index (χ2n) is 11.6. The van der Waals surface area contributed by atoms with Crippen LogP contribution in [-0.2, 0) is 37.6 Å². The summed E-state index contributed by atoms with van der Waals surface area (Å²) in [5.41, 5.74) is 4.09. The molecule has 0 atom stereocenters. The lowest BCUT2D eigenvalue weighted by Gasteiger charge is -2.18. The number of carbonyl (C=O) groups excluding carboxylic acids is 1. The van der Waals surface area contributed by atoms with Crippen LogP contribution in [0.2, 0.25) is 0 Å². The highest BCUT2D eigenvalue weighted by atomic mass is 16.5. The Morgan fingerprint density at radius 1 is 0.451 bits per heavy atom. The summed E-state index contributed by atoms with van der Waals surface area (Å²) in [4.78, 5) is 25.9. The summed E-state index contributed by atoms with van der Waals surface area (Å²) >= 11 is 0. The van der Waals surface area contributed by atoms with Crippen molar-refractivity contribution in [3.8, 4) is 28.7 Å². The van der Waals surface area contributed by atoms with Gasteiger partial charge in [0.05, 0.1) is 12.0 Å². The number of benzene rings is 6. The number of hydrogen-bond donors (Lipinski definition) is 1. The van der Waals surface area contributed by atoms with E-state index < -0.39 is 18.4 Å². The molecule has 6 rings (SSSR count). The van der Waals surface area contributed by atoms with Crippen molar-refractivity contribution < 1.29 is 38.4 Å². The maximum absolute atomic E-state index is 13.8. The summed E-state index contributed by atoms with van der Waals surface area (Å²) < 4.78 is 30.5. The van der Waals surface area contributed by atoms with Gasteiger partial charge in [-0.2, -0.15) is 0 Å². The Morgan fingerprint density at radius 3 is 1.37 bits per heavy atom. The molecule has 8 heteroatoms. The lowest BCUT2D eigenvalue weighted by molar-refractivity contribution is -0.136. The van der Waals surface area contributed by atoms with Crippen molar-refractivity contribution in [3.63, 3.8) is 0 Å². The third-order valence-corrected chi connectivity index (χ3v) is 7.81. The van der Waals surface area contributed by atoms with Gasteiger partial charge in [0.1, 0.15) is 43.7 Å². The van der Waals surface area contributed by atoms with Crippen molar-refractivity contribution in [3.05, 3.63) is 185 Å². The SMILES string of the molecule is O=C(O)Cc1c(OCc2ccccc2)cc(OCc2ccccc2)cc1OC(=O)c1ccc(OCc2ccccc2)c(OCc2ccccc2)c1. The van der Waals surface area contributed by atoms with Gasteiger partial charge in [-0.15, -0.1) is 0 Å². The van der Waals surface area contributed by atoms with Crippen LogP contribution in [0.3, 0.4) is 0 Å². The predicted octanol–water partition coefficient (Wildman–Crippen LogP) is 8.85. The number of esters is 1. The van der Waals surface area contributed by atoms with E-state index in [2.05, 4.69) is 0 Å². The van der Waals surface area contributed by atoms with Crippen molar-refractivity contribution in [1.29, 1.82) is 0 Å². The average molecular weight is 681 g/mol. The van der Waals surface area contributed by atoms with E-state index in [1.165, 1.54) is 6.07 Å². The van der Waals surface area contributed by atoms with Crippen LogP contribution in [0, 0.1) is 0 Å². The number of carboxylic acids is 1. The molecule has 0 aliphatic rings. The molecule has 0 bridgehead atoms. The van der Waals surface area contributed by atoms with E-state index in [0.717, 1.165) is 22.3 Å². The number of aliphatic carboxylic acids is 1. The molecule has 51 heavy (non-hydrogen) atoms. The van der Waals surface area contributed by atoms with Gasteiger partial charge in [0.2, 0.25) is 0 Å². The smallest absolute Gasteiger partial charge is 0.343 e. The predicted molar refractivity (Wildman–Crippen MR) is 192 cm³/mol. The highest BCUT2D eigenvalue weighted by Crippen LogP contribution is 2.37. The van der Waals surface area contributed by atoms with E-state index in [-0.39, 0.29) is 42.4 Å². The first-order valence-corrected chi connectivity index (χ1v) is 16.4. The van der Waals surface area contributed by atoms with Crippen molar-refractivity contribution in [2.45, 2.75) is 32.8 Å². The fourth-order valence-electron chi connectivity index (χ4n) is 5.20. The van der Waals surface area contributed by atoms with E-state index in [1.807, 2.05) is 121 Å². The molecule has 0 unspecified atom stereocenters. The highest BCUT2D eigenvalue weighted by molar-refractivity contribution is 5.92. The summed E-state index contributed by atoms with van der Waals surface area (Å²) in [5, 5.41) is 9.87. The molecule has 256 valence electrons. The van der Waals surface area contributed by atoms with Crippen LogP contribution in [0.1, 0.15) is 38.2 Å². The van der Waals surface area contributed by atoms with Gasteiger partial charge in [0.15, 0.2) is 11.5 Å². The number of hydrogen-bond acceptors (Lipinski definition) is 7. The Kier molecular flexibility index (Phi) is 11.6. The minimum atomic E-state index is -1.12. The number of carboxylic acid groups (broad SMARTS) is 1. The van der Waals surface area contributed by atoms with E-state index in [4.69, 9.17) is 23.7 Å². The van der Waals surface area contributed by atoms with Gasteiger partial charge in [-0.05, 0) is 40.5 Å². The Bertz CT molecular complexity index is 2030. The van der Waals surface area contributed by atoms with Crippen LogP contribution in [-0.4, -0.2) is 17.0 Å². The molecule has 0 saturated heterocycles. The summed E-state index contributed by atoms with van der Waals surface area (Å²) in [6.07, 6.45) is -0.455. The lowest BCUT2D eigenvalue weighted by atomic mass is 10.1. The molecule has 6 aromatic rings. The molecule has 0 aliphatic carbocycles. The number of rotatable bonds is 16. The van der Waals surface area contributed by atoms with Crippen LogP contribution in [0.5, 0.6) is 28.7 Å². The molecule has 0 spiro atoms. The second kappa shape index (κ2) is 17.2. The molecule has 0 aliphatic heterocycles. The van der Waals surface area contributed by atoms with Gasteiger partial charge in [0.25, 0.3) is 0 Å². The first-order chi connectivity index (χ1) is 25.0. The molecule has 0 aromatic heterocycles. The maximum Gasteiger partial charge on any atom is 0.343 e. The first-order valence-electron chi connectivity index (χ1n) is 16.4. The van der Waals surface area contributed by atoms with Crippen molar-refractivity contribution in [1.82, 2.24) is 0 Å².